The van der Waals surface area contributed by atoms with E-state index in [-0.39, 0.29) is 11.3 Å². The van der Waals surface area contributed by atoms with Gasteiger partial charge in [-0.25, -0.2) is 8.42 Å². The number of thiophene rings is 1. The highest BCUT2D eigenvalue weighted by atomic mass is 32.2. The summed E-state index contributed by atoms with van der Waals surface area (Å²) in [6, 6.07) is 7.96. The van der Waals surface area contributed by atoms with Crippen molar-refractivity contribution in [3.63, 3.8) is 0 Å². The molecule has 0 aliphatic heterocycles. The average molecular weight is 383 g/mol. The van der Waals surface area contributed by atoms with E-state index in [9.17, 15) is 18.0 Å². The van der Waals surface area contributed by atoms with Crippen molar-refractivity contribution in [1.29, 1.82) is 0 Å². The van der Waals surface area contributed by atoms with Crippen LogP contribution in [0.15, 0.2) is 40.6 Å². The number of benzene rings is 1. The molecular weight excluding hydrogens is 366 g/mol. The maximum Gasteiger partial charge on any atom is 0.303 e. The van der Waals surface area contributed by atoms with Gasteiger partial charge in [0, 0.05) is 23.7 Å². The first-order valence-electron chi connectivity index (χ1n) is 7.30. The lowest BCUT2D eigenvalue weighted by molar-refractivity contribution is -0.137. The van der Waals surface area contributed by atoms with Crippen molar-refractivity contribution in [2.45, 2.75) is 17.7 Å². The molecule has 0 radical (unpaired) electrons. The van der Waals surface area contributed by atoms with E-state index in [1.54, 1.807) is 24.3 Å². The molecule has 1 heterocycles. The highest BCUT2D eigenvalue weighted by Gasteiger charge is 2.14. The molecule has 0 spiro atoms. The number of anilines is 1. The molecule has 134 valence electrons. The van der Waals surface area contributed by atoms with E-state index in [1.165, 1.54) is 11.4 Å². The van der Waals surface area contributed by atoms with Gasteiger partial charge in [0.2, 0.25) is 0 Å². The summed E-state index contributed by atoms with van der Waals surface area (Å²) < 4.78 is 28.3. The number of ether oxygens (including phenoxy) is 1. The zero-order valence-electron chi connectivity index (χ0n) is 13.4. The third-order valence-corrected chi connectivity index (χ3v) is 5.31. The second-order valence-electron chi connectivity index (χ2n) is 5.24. The van der Waals surface area contributed by atoms with E-state index in [0.29, 0.717) is 29.3 Å². The van der Waals surface area contributed by atoms with Gasteiger partial charge in [-0.05, 0) is 36.8 Å². The van der Waals surface area contributed by atoms with Crippen LogP contribution in [-0.2, 0) is 14.6 Å². The molecule has 0 aliphatic rings. The fraction of sp³-hybridized carbons (Fsp3) is 0.250. The maximum absolute atomic E-state index is 12.1. The van der Waals surface area contributed by atoms with E-state index >= 15 is 0 Å². The van der Waals surface area contributed by atoms with Crippen LogP contribution in [0.4, 0.5) is 5.69 Å². The normalized spacial score (nSPS) is 11.1. The molecule has 1 amide bonds. The van der Waals surface area contributed by atoms with Gasteiger partial charge in [-0.3, -0.25) is 9.59 Å². The van der Waals surface area contributed by atoms with Crippen LogP contribution in [-0.4, -0.2) is 38.3 Å². The van der Waals surface area contributed by atoms with Crippen molar-refractivity contribution in [3.8, 4) is 5.75 Å². The van der Waals surface area contributed by atoms with Crippen LogP contribution in [0.1, 0.15) is 22.5 Å². The molecular formula is C16H17NO6S2. The fourth-order valence-corrected chi connectivity index (χ4v) is 3.79. The number of hydrogen-bond donors (Lipinski definition) is 2. The van der Waals surface area contributed by atoms with Crippen molar-refractivity contribution in [2.75, 3.05) is 18.2 Å². The Kier molecular flexibility index (Phi) is 6.16. The predicted molar refractivity (Wildman–Crippen MR) is 94.2 cm³/mol. The molecule has 0 saturated heterocycles. The third kappa shape index (κ3) is 5.87. The van der Waals surface area contributed by atoms with E-state index in [2.05, 4.69) is 5.32 Å². The van der Waals surface area contributed by atoms with Gasteiger partial charge in [0.1, 0.15) is 5.75 Å². The molecule has 9 heteroatoms. The number of carbonyl (C=O) groups excluding carboxylic acids is 1. The molecule has 1 aromatic heterocycles. The molecule has 0 atom stereocenters. The van der Waals surface area contributed by atoms with E-state index in [0.717, 1.165) is 17.6 Å². The minimum absolute atomic E-state index is 0.0461. The first-order valence-corrected chi connectivity index (χ1v) is 10.1. The Hall–Kier alpha value is -2.39. The first kappa shape index (κ1) is 18.9. The van der Waals surface area contributed by atoms with Crippen molar-refractivity contribution in [3.05, 3.63) is 40.6 Å². The Labute approximate surface area is 149 Å². The second kappa shape index (κ2) is 8.13. The number of rotatable bonds is 8. The number of carbonyl (C=O) groups is 2. The topological polar surface area (TPSA) is 110 Å². The Morgan fingerprint density at radius 1 is 1.24 bits per heavy atom. The standard InChI is InChI=1S/C16H17NO6S2/c1-25(21,22)13-9-14(24-10-13)16(20)17-11-4-6-12(7-5-11)23-8-2-3-15(18)19/h4-7,9-10H,2-3,8H2,1H3,(H,17,20)(H,18,19). The van der Waals surface area contributed by atoms with Gasteiger partial charge in [0.15, 0.2) is 9.84 Å². The average Bonchev–Trinajstić information content (AvgIpc) is 3.03. The lowest BCUT2D eigenvalue weighted by atomic mass is 10.3. The first-order chi connectivity index (χ1) is 11.8. The number of amides is 1. The number of carboxylic acids is 1. The van der Waals surface area contributed by atoms with Crippen LogP contribution in [0.25, 0.3) is 0 Å². The van der Waals surface area contributed by atoms with Crippen LogP contribution < -0.4 is 10.1 Å². The largest absolute Gasteiger partial charge is 0.494 e. The lowest BCUT2D eigenvalue weighted by Crippen LogP contribution is -2.10. The van der Waals surface area contributed by atoms with Gasteiger partial charge in [-0.1, -0.05) is 0 Å². The minimum atomic E-state index is -3.33. The van der Waals surface area contributed by atoms with Crippen molar-refractivity contribution in [2.24, 2.45) is 0 Å². The van der Waals surface area contributed by atoms with E-state index in [1.807, 2.05) is 0 Å². The molecule has 0 fully saturated rings. The van der Waals surface area contributed by atoms with Gasteiger partial charge in [-0.2, -0.15) is 0 Å². The van der Waals surface area contributed by atoms with E-state index < -0.39 is 21.7 Å². The third-order valence-electron chi connectivity index (χ3n) is 3.14. The number of sulfone groups is 1. The van der Waals surface area contributed by atoms with Gasteiger partial charge >= 0.3 is 5.97 Å². The summed E-state index contributed by atoms with van der Waals surface area (Å²) >= 11 is 1.06. The number of hydrogen-bond acceptors (Lipinski definition) is 6. The maximum atomic E-state index is 12.1. The van der Waals surface area contributed by atoms with Crippen molar-refractivity contribution in [1.82, 2.24) is 0 Å². The quantitative estimate of drug-likeness (QED) is 0.678. The number of carboxylic acid groups (broad SMARTS) is 1. The highest BCUT2D eigenvalue weighted by molar-refractivity contribution is 7.90. The van der Waals surface area contributed by atoms with Gasteiger partial charge in [0.05, 0.1) is 16.4 Å². The molecule has 0 bridgehead atoms. The second-order valence-corrected chi connectivity index (χ2v) is 8.17. The molecule has 7 nitrogen and oxygen atoms in total. The Morgan fingerprint density at radius 2 is 1.92 bits per heavy atom. The molecule has 0 aliphatic carbocycles. The molecule has 25 heavy (non-hydrogen) atoms. The monoisotopic (exact) mass is 383 g/mol. The summed E-state index contributed by atoms with van der Waals surface area (Å²) in [6.07, 6.45) is 1.55. The van der Waals surface area contributed by atoms with Crippen molar-refractivity contribution < 1.29 is 27.9 Å². The minimum Gasteiger partial charge on any atom is -0.494 e. The van der Waals surface area contributed by atoms with Crippen molar-refractivity contribution >= 4 is 38.7 Å². The number of nitrogens with one attached hydrogen (secondary N) is 1. The van der Waals surface area contributed by atoms with Gasteiger partial charge in [0.25, 0.3) is 5.91 Å². The van der Waals surface area contributed by atoms with Crippen LogP contribution >= 0.6 is 11.3 Å². The highest BCUT2D eigenvalue weighted by Crippen LogP contribution is 2.21. The molecule has 2 aromatic rings. The Morgan fingerprint density at radius 3 is 2.48 bits per heavy atom. The Bertz CT molecular complexity index is 855. The molecule has 2 N–H and O–H groups in total. The lowest BCUT2D eigenvalue weighted by Gasteiger charge is -2.07. The molecule has 2 rings (SSSR count). The smallest absolute Gasteiger partial charge is 0.303 e. The summed E-state index contributed by atoms with van der Waals surface area (Å²) in [5.74, 6) is -0.692. The molecule has 0 saturated carbocycles. The molecule has 0 unspecified atom stereocenters. The molecule has 1 aromatic carbocycles. The Balaban J connectivity index is 1.91. The number of aliphatic carboxylic acids is 1. The van der Waals surface area contributed by atoms with Gasteiger partial charge in [-0.15, -0.1) is 11.3 Å². The van der Waals surface area contributed by atoms with Crippen LogP contribution in [0.3, 0.4) is 0 Å². The summed E-state index contributed by atoms with van der Waals surface area (Å²) in [5.41, 5.74) is 0.539. The fourth-order valence-electron chi connectivity index (χ4n) is 1.87. The summed E-state index contributed by atoms with van der Waals surface area (Å²) in [5, 5.41) is 12.6. The zero-order chi connectivity index (χ0) is 18.4. The van der Waals surface area contributed by atoms with E-state index in [4.69, 9.17) is 9.84 Å². The van der Waals surface area contributed by atoms with Crippen LogP contribution in [0, 0.1) is 0 Å². The SMILES string of the molecule is CS(=O)(=O)c1csc(C(=O)Nc2ccc(OCCCC(=O)O)cc2)c1. The summed E-state index contributed by atoms with van der Waals surface area (Å²) in [4.78, 5) is 23.0. The predicted octanol–water partition coefficient (Wildman–Crippen LogP) is 2.65. The van der Waals surface area contributed by atoms with Gasteiger partial charge < -0.3 is 15.2 Å². The zero-order valence-corrected chi connectivity index (χ0v) is 15.0. The van der Waals surface area contributed by atoms with Crippen LogP contribution in [0.5, 0.6) is 5.75 Å². The summed E-state index contributed by atoms with van der Waals surface area (Å²) in [6.45, 7) is 0.293. The summed E-state index contributed by atoms with van der Waals surface area (Å²) in [7, 11) is -3.33. The van der Waals surface area contributed by atoms with Crippen LogP contribution in [0.2, 0.25) is 0 Å².